The Hall–Kier alpha value is -3.23. The second-order valence-corrected chi connectivity index (χ2v) is 9.66. The number of Topliss-reactive ketones (excluding diaryl/α,β-unsaturated/α-hetero) is 1. The number of hydrogen-bond acceptors (Lipinski definition) is 6. The Bertz CT molecular complexity index is 910. The van der Waals surface area contributed by atoms with Crippen LogP contribution in [0.15, 0.2) is 30.3 Å². The van der Waals surface area contributed by atoms with Crippen molar-refractivity contribution in [2.24, 2.45) is 23.7 Å². The first-order valence-corrected chi connectivity index (χ1v) is 12.1. The fourth-order valence-electron chi connectivity index (χ4n) is 3.91. The Morgan fingerprint density at radius 1 is 1.09 bits per heavy atom. The van der Waals surface area contributed by atoms with E-state index in [-0.39, 0.29) is 38.0 Å². The van der Waals surface area contributed by atoms with Gasteiger partial charge in [0.2, 0.25) is 11.7 Å². The largest absolute Gasteiger partial charge is 0.481 e. The number of aliphatic carboxylic acids is 1. The van der Waals surface area contributed by atoms with E-state index in [1.807, 2.05) is 51.1 Å². The molecule has 2 amide bonds. The molecule has 2 N–H and O–H groups in total. The molecular weight excluding hydrogens is 452 g/mol. The number of ether oxygens (including phenoxy) is 1. The highest BCUT2D eigenvalue weighted by atomic mass is 16.5. The van der Waals surface area contributed by atoms with Gasteiger partial charge in [-0.2, -0.15) is 0 Å². The molecule has 0 spiro atoms. The molecule has 1 aromatic carbocycles. The first-order valence-electron chi connectivity index (χ1n) is 12.1. The average Bonchev–Trinajstić information content (AvgIpc) is 2.78. The molecule has 3 atom stereocenters. The summed E-state index contributed by atoms with van der Waals surface area (Å²) in [6.45, 7) is 7.52. The van der Waals surface area contributed by atoms with Crippen LogP contribution in [0.5, 0.6) is 0 Å². The third kappa shape index (κ3) is 8.19. The van der Waals surface area contributed by atoms with Crippen molar-refractivity contribution in [3.8, 4) is 0 Å². The van der Waals surface area contributed by atoms with Crippen LogP contribution < -0.4 is 5.32 Å². The fraction of sp³-hybridized carbons (Fsp3) is 0.577. The van der Waals surface area contributed by atoms with Gasteiger partial charge in [0, 0.05) is 19.0 Å². The summed E-state index contributed by atoms with van der Waals surface area (Å²) in [7, 11) is 0. The van der Waals surface area contributed by atoms with Crippen LogP contribution in [0.1, 0.15) is 52.5 Å². The number of carbonyl (C=O) groups is 5. The Morgan fingerprint density at radius 2 is 1.71 bits per heavy atom. The second kappa shape index (κ2) is 13.0. The van der Waals surface area contributed by atoms with Gasteiger partial charge < -0.3 is 20.1 Å². The molecule has 1 saturated heterocycles. The molecule has 9 heteroatoms. The number of likely N-dealkylation sites (tertiary alicyclic amines) is 1. The third-order valence-corrected chi connectivity index (χ3v) is 6.30. The summed E-state index contributed by atoms with van der Waals surface area (Å²) >= 11 is 0. The monoisotopic (exact) mass is 488 g/mol. The maximum absolute atomic E-state index is 13.2. The van der Waals surface area contributed by atoms with Gasteiger partial charge in [0.15, 0.2) is 0 Å². The number of benzene rings is 1. The van der Waals surface area contributed by atoms with Gasteiger partial charge in [-0.3, -0.25) is 24.0 Å². The van der Waals surface area contributed by atoms with E-state index < -0.39 is 47.4 Å². The molecule has 0 bridgehead atoms. The van der Waals surface area contributed by atoms with Crippen molar-refractivity contribution < 1.29 is 33.8 Å². The van der Waals surface area contributed by atoms with Crippen molar-refractivity contribution in [1.82, 2.24) is 10.2 Å². The summed E-state index contributed by atoms with van der Waals surface area (Å²) in [6.07, 6.45) is 0.808. The number of hydrogen-bond donors (Lipinski definition) is 2. The number of ketones is 1. The zero-order valence-electron chi connectivity index (χ0n) is 20.9. The number of rotatable bonds is 13. The second-order valence-electron chi connectivity index (χ2n) is 9.66. The summed E-state index contributed by atoms with van der Waals surface area (Å²) in [5, 5.41) is 11.7. The highest BCUT2D eigenvalue weighted by Crippen LogP contribution is 2.21. The molecule has 0 saturated carbocycles. The van der Waals surface area contributed by atoms with E-state index >= 15 is 0 Å². The number of carboxylic acid groups (broad SMARTS) is 1. The van der Waals surface area contributed by atoms with Crippen molar-refractivity contribution in [3.05, 3.63) is 35.9 Å². The van der Waals surface area contributed by atoms with E-state index in [2.05, 4.69) is 5.32 Å². The number of nitrogens with zero attached hydrogens (tertiary/aromatic N) is 1. The summed E-state index contributed by atoms with van der Waals surface area (Å²) in [4.78, 5) is 63.5. The van der Waals surface area contributed by atoms with E-state index in [9.17, 15) is 24.0 Å². The van der Waals surface area contributed by atoms with E-state index in [1.165, 1.54) is 4.90 Å². The molecule has 0 aromatic heterocycles. The van der Waals surface area contributed by atoms with Crippen LogP contribution in [0.25, 0.3) is 0 Å². The number of carboxylic acids is 1. The third-order valence-electron chi connectivity index (χ3n) is 6.30. The van der Waals surface area contributed by atoms with E-state index in [0.29, 0.717) is 12.8 Å². The quantitative estimate of drug-likeness (QED) is 0.322. The van der Waals surface area contributed by atoms with E-state index in [0.717, 1.165) is 5.56 Å². The number of esters is 1. The zero-order valence-corrected chi connectivity index (χ0v) is 20.9. The summed E-state index contributed by atoms with van der Waals surface area (Å²) in [5.41, 5.74) is 0.836. The molecule has 1 aliphatic heterocycles. The summed E-state index contributed by atoms with van der Waals surface area (Å²) < 4.78 is 5.34. The van der Waals surface area contributed by atoms with Crippen LogP contribution in [-0.4, -0.2) is 58.7 Å². The first kappa shape index (κ1) is 28.0. The minimum Gasteiger partial charge on any atom is -0.481 e. The SMILES string of the molecule is CC[C@H](C)C(NC(=O)[C@@H](CC(=O)OCc1ccccc1)CC(C)C)C(=O)C(=O)N1CC(C(=O)O)C1. The van der Waals surface area contributed by atoms with Crippen LogP contribution in [0.3, 0.4) is 0 Å². The molecule has 1 fully saturated rings. The lowest BCUT2D eigenvalue weighted by Crippen LogP contribution is -2.59. The molecule has 192 valence electrons. The van der Waals surface area contributed by atoms with Crippen molar-refractivity contribution in [3.63, 3.8) is 0 Å². The van der Waals surface area contributed by atoms with Gasteiger partial charge in [-0.05, 0) is 23.8 Å². The average molecular weight is 489 g/mol. The molecular formula is C26H36N2O7. The topological polar surface area (TPSA) is 130 Å². The van der Waals surface area contributed by atoms with Gasteiger partial charge in [0.05, 0.1) is 18.4 Å². The maximum atomic E-state index is 13.2. The Balaban J connectivity index is 2.04. The zero-order chi connectivity index (χ0) is 26.1. The molecule has 1 unspecified atom stereocenters. The molecule has 1 aromatic rings. The molecule has 9 nitrogen and oxygen atoms in total. The van der Waals surface area contributed by atoms with Gasteiger partial charge >= 0.3 is 11.9 Å². The standard InChI is InChI=1S/C26H36N2O7/c1-5-17(4)22(23(30)25(32)28-13-20(14-28)26(33)34)27-24(31)19(11-16(2)3)12-21(29)35-15-18-9-7-6-8-10-18/h6-10,16-17,19-20,22H,5,11-15H2,1-4H3,(H,27,31)(H,33,34)/t17-,19+,22?/m0/s1. The summed E-state index contributed by atoms with van der Waals surface area (Å²) in [5.74, 6) is -5.18. The van der Waals surface area contributed by atoms with Crippen molar-refractivity contribution in [2.75, 3.05) is 13.1 Å². The van der Waals surface area contributed by atoms with Gasteiger partial charge in [-0.25, -0.2) is 0 Å². The van der Waals surface area contributed by atoms with E-state index in [4.69, 9.17) is 9.84 Å². The predicted molar refractivity (Wildman–Crippen MR) is 128 cm³/mol. The normalized spacial score (nSPS) is 16.1. The first-order chi connectivity index (χ1) is 16.5. The lowest BCUT2D eigenvalue weighted by molar-refractivity contribution is -0.158. The lowest BCUT2D eigenvalue weighted by Gasteiger charge is -2.37. The molecule has 1 heterocycles. The van der Waals surface area contributed by atoms with Crippen molar-refractivity contribution in [2.45, 2.75) is 59.6 Å². The molecule has 2 rings (SSSR count). The van der Waals surface area contributed by atoms with Crippen LogP contribution in [0.4, 0.5) is 0 Å². The van der Waals surface area contributed by atoms with Gasteiger partial charge in [-0.1, -0.05) is 64.4 Å². The van der Waals surface area contributed by atoms with Crippen LogP contribution in [0, 0.1) is 23.7 Å². The lowest BCUT2D eigenvalue weighted by atomic mass is 9.90. The van der Waals surface area contributed by atoms with Gasteiger partial charge in [-0.15, -0.1) is 0 Å². The number of amides is 2. The maximum Gasteiger partial charge on any atom is 0.310 e. The van der Waals surface area contributed by atoms with Crippen LogP contribution >= 0.6 is 0 Å². The van der Waals surface area contributed by atoms with Crippen molar-refractivity contribution >= 4 is 29.5 Å². The highest BCUT2D eigenvalue weighted by molar-refractivity contribution is 6.38. The molecule has 35 heavy (non-hydrogen) atoms. The van der Waals surface area contributed by atoms with Crippen molar-refractivity contribution in [1.29, 1.82) is 0 Å². The predicted octanol–water partition coefficient (Wildman–Crippen LogP) is 2.43. The summed E-state index contributed by atoms with van der Waals surface area (Å²) in [6, 6.07) is 8.16. The highest BCUT2D eigenvalue weighted by Gasteiger charge is 2.41. The van der Waals surface area contributed by atoms with Crippen LogP contribution in [0.2, 0.25) is 0 Å². The van der Waals surface area contributed by atoms with Crippen LogP contribution in [-0.2, 0) is 35.3 Å². The number of nitrogens with one attached hydrogen (secondary N) is 1. The van der Waals surface area contributed by atoms with Gasteiger partial charge in [0.25, 0.3) is 5.91 Å². The van der Waals surface area contributed by atoms with Gasteiger partial charge in [0.1, 0.15) is 6.61 Å². The smallest absolute Gasteiger partial charge is 0.310 e. The minimum absolute atomic E-state index is 0.0235. The van der Waals surface area contributed by atoms with E-state index in [1.54, 1.807) is 6.92 Å². The molecule has 1 aliphatic rings. The molecule has 0 radical (unpaired) electrons. The minimum atomic E-state index is -1.06. The Kier molecular flexibility index (Phi) is 10.4. The molecule has 0 aliphatic carbocycles. The Labute approximate surface area is 206 Å². The fourth-order valence-corrected chi connectivity index (χ4v) is 3.91. The number of carbonyl (C=O) groups excluding carboxylic acids is 4. The Morgan fingerprint density at radius 3 is 2.26 bits per heavy atom.